The maximum Gasteiger partial charge on any atom is 0.125 e. The molecule has 0 spiro atoms. The molecule has 0 amide bonds. The van der Waals surface area contributed by atoms with E-state index in [1.54, 1.807) is 6.07 Å². The first kappa shape index (κ1) is 11.2. The molecule has 1 aliphatic rings. The number of hydrogen-bond acceptors (Lipinski definition) is 3. The molecule has 3 nitrogen and oxygen atoms in total. The SMILES string of the molecule is NCC1CCN(c2ccc(F)cc2N)CC1. The first-order chi connectivity index (χ1) is 7.70. The molecule has 88 valence electrons. The number of hydrogen-bond donors (Lipinski definition) is 2. The third-order valence-electron chi connectivity index (χ3n) is 3.28. The predicted molar refractivity (Wildman–Crippen MR) is 64.8 cm³/mol. The summed E-state index contributed by atoms with van der Waals surface area (Å²) in [7, 11) is 0. The van der Waals surface area contributed by atoms with Gasteiger partial charge in [0.1, 0.15) is 5.82 Å². The van der Waals surface area contributed by atoms with Gasteiger partial charge in [-0.05, 0) is 43.5 Å². The van der Waals surface area contributed by atoms with Gasteiger partial charge in [-0.1, -0.05) is 0 Å². The minimum absolute atomic E-state index is 0.280. The van der Waals surface area contributed by atoms with Crippen LogP contribution >= 0.6 is 0 Å². The summed E-state index contributed by atoms with van der Waals surface area (Å²) in [6.45, 7) is 2.67. The standard InChI is InChI=1S/C12H18FN3/c13-10-1-2-12(11(15)7-10)16-5-3-9(8-14)4-6-16/h1-2,7,9H,3-6,8,14-15H2. The molecule has 1 saturated heterocycles. The highest BCUT2D eigenvalue weighted by Gasteiger charge is 2.19. The molecule has 0 radical (unpaired) electrons. The second-order valence-corrected chi connectivity index (χ2v) is 4.37. The largest absolute Gasteiger partial charge is 0.397 e. The second kappa shape index (κ2) is 4.70. The van der Waals surface area contributed by atoms with Gasteiger partial charge in [-0.3, -0.25) is 0 Å². The fourth-order valence-electron chi connectivity index (χ4n) is 2.22. The Morgan fingerprint density at radius 2 is 2.00 bits per heavy atom. The Labute approximate surface area is 95.2 Å². The summed E-state index contributed by atoms with van der Waals surface area (Å²) in [5.74, 6) is 0.344. The van der Waals surface area contributed by atoms with Gasteiger partial charge in [0, 0.05) is 13.1 Å². The van der Waals surface area contributed by atoms with Crippen molar-refractivity contribution in [2.24, 2.45) is 11.7 Å². The van der Waals surface area contributed by atoms with Crippen molar-refractivity contribution in [2.45, 2.75) is 12.8 Å². The van der Waals surface area contributed by atoms with Crippen molar-refractivity contribution in [3.63, 3.8) is 0 Å². The van der Waals surface area contributed by atoms with E-state index in [2.05, 4.69) is 4.90 Å². The molecule has 1 aromatic carbocycles. The average molecular weight is 223 g/mol. The number of halogens is 1. The van der Waals surface area contributed by atoms with Crippen LogP contribution in [0.15, 0.2) is 18.2 Å². The molecule has 4 N–H and O–H groups in total. The van der Waals surface area contributed by atoms with Gasteiger partial charge < -0.3 is 16.4 Å². The number of rotatable bonds is 2. The zero-order chi connectivity index (χ0) is 11.5. The lowest BCUT2D eigenvalue weighted by Gasteiger charge is -2.33. The molecule has 1 heterocycles. The van der Waals surface area contributed by atoms with Crippen LogP contribution in [0.3, 0.4) is 0 Å². The van der Waals surface area contributed by atoms with E-state index in [1.165, 1.54) is 12.1 Å². The summed E-state index contributed by atoms with van der Waals surface area (Å²) in [4.78, 5) is 2.21. The highest BCUT2D eigenvalue weighted by molar-refractivity contribution is 5.67. The van der Waals surface area contributed by atoms with Crippen LogP contribution in [0.4, 0.5) is 15.8 Å². The van der Waals surface area contributed by atoms with Crippen molar-refractivity contribution in [1.29, 1.82) is 0 Å². The molecule has 1 aliphatic heterocycles. The number of nitrogens with zero attached hydrogens (tertiary/aromatic N) is 1. The van der Waals surface area contributed by atoms with E-state index in [0.29, 0.717) is 11.6 Å². The lowest BCUT2D eigenvalue weighted by Crippen LogP contribution is -2.36. The van der Waals surface area contributed by atoms with Crippen molar-refractivity contribution in [1.82, 2.24) is 0 Å². The van der Waals surface area contributed by atoms with E-state index in [-0.39, 0.29) is 5.82 Å². The monoisotopic (exact) mass is 223 g/mol. The molecular formula is C12H18FN3. The number of piperidine rings is 1. The molecule has 0 saturated carbocycles. The Kier molecular flexibility index (Phi) is 3.29. The number of anilines is 2. The van der Waals surface area contributed by atoms with Gasteiger partial charge in [-0.15, -0.1) is 0 Å². The topological polar surface area (TPSA) is 55.3 Å². The molecule has 0 aromatic heterocycles. The van der Waals surface area contributed by atoms with Crippen molar-refractivity contribution >= 4 is 11.4 Å². The Morgan fingerprint density at radius 3 is 2.56 bits per heavy atom. The van der Waals surface area contributed by atoms with Gasteiger partial charge in [-0.2, -0.15) is 0 Å². The van der Waals surface area contributed by atoms with Crippen molar-refractivity contribution < 1.29 is 4.39 Å². The second-order valence-electron chi connectivity index (χ2n) is 4.37. The average Bonchev–Trinajstić information content (AvgIpc) is 2.29. The molecule has 0 unspecified atom stereocenters. The Bertz CT molecular complexity index is 359. The zero-order valence-corrected chi connectivity index (χ0v) is 9.32. The van der Waals surface area contributed by atoms with E-state index >= 15 is 0 Å². The van der Waals surface area contributed by atoms with Crippen molar-refractivity contribution in [2.75, 3.05) is 30.3 Å². The Hall–Kier alpha value is -1.29. The quantitative estimate of drug-likeness (QED) is 0.748. The summed E-state index contributed by atoms with van der Waals surface area (Å²) < 4.78 is 12.9. The van der Waals surface area contributed by atoms with Crippen molar-refractivity contribution in [3.8, 4) is 0 Å². The van der Waals surface area contributed by atoms with Crippen LogP contribution < -0.4 is 16.4 Å². The number of benzene rings is 1. The Morgan fingerprint density at radius 1 is 1.31 bits per heavy atom. The first-order valence-electron chi connectivity index (χ1n) is 5.70. The zero-order valence-electron chi connectivity index (χ0n) is 9.32. The molecule has 1 aromatic rings. The van der Waals surface area contributed by atoms with E-state index in [1.807, 2.05) is 0 Å². The maximum atomic E-state index is 12.9. The van der Waals surface area contributed by atoms with Crippen LogP contribution in [0.25, 0.3) is 0 Å². The summed E-state index contributed by atoms with van der Waals surface area (Å²) in [5, 5.41) is 0. The fourth-order valence-corrected chi connectivity index (χ4v) is 2.22. The van der Waals surface area contributed by atoms with Gasteiger partial charge in [0.15, 0.2) is 0 Å². The fraction of sp³-hybridized carbons (Fsp3) is 0.500. The minimum atomic E-state index is -0.280. The molecule has 16 heavy (non-hydrogen) atoms. The number of nitrogen functional groups attached to an aromatic ring is 1. The third kappa shape index (κ3) is 2.27. The lowest BCUT2D eigenvalue weighted by molar-refractivity contribution is 0.415. The van der Waals surface area contributed by atoms with Gasteiger partial charge in [0.05, 0.1) is 11.4 Å². The third-order valence-corrected chi connectivity index (χ3v) is 3.28. The minimum Gasteiger partial charge on any atom is -0.397 e. The smallest absolute Gasteiger partial charge is 0.125 e. The van der Waals surface area contributed by atoms with Gasteiger partial charge in [0.25, 0.3) is 0 Å². The van der Waals surface area contributed by atoms with Crippen LogP contribution in [-0.4, -0.2) is 19.6 Å². The summed E-state index contributed by atoms with van der Waals surface area (Å²) in [6.07, 6.45) is 2.18. The van der Waals surface area contributed by atoms with Crippen LogP contribution in [-0.2, 0) is 0 Å². The molecule has 0 aliphatic carbocycles. The molecule has 1 fully saturated rings. The molecule has 0 atom stereocenters. The molecule has 2 rings (SSSR count). The summed E-state index contributed by atoms with van der Waals surface area (Å²) in [6, 6.07) is 4.60. The summed E-state index contributed by atoms with van der Waals surface area (Å²) >= 11 is 0. The van der Waals surface area contributed by atoms with Crippen LogP contribution in [0.5, 0.6) is 0 Å². The molecular weight excluding hydrogens is 205 g/mol. The van der Waals surface area contributed by atoms with Crippen LogP contribution in [0, 0.1) is 11.7 Å². The lowest BCUT2D eigenvalue weighted by atomic mass is 9.96. The number of nitrogens with two attached hydrogens (primary N) is 2. The molecule has 4 heteroatoms. The van der Waals surface area contributed by atoms with E-state index in [0.717, 1.165) is 38.2 Å². The predicted octanol–water partition coefficient (Wildman–Crippen LogP) is 1.58. The van der Waals surface area contributed by atoms with E-state index in [9.17, 15) is 4.39 Å². The van der Waals surface area contributed by atoms with E-state index in [4.69, 9.17) is 11.5 Å². The van der Waals surface area contributed by atoms with Gasteiger partial charge in [-0.25, -0.2) is 4.39 Å². The molecule has 0 bridgehead atoms. The van der Waals surface area contributed by atoms with Gasteiger partial charge in [0.2, 0.25) is 0 Å². The first-order valence-corrected chi connectivity index (χ1v) is 5.70. The van der Waals surface area contributed by atoms with Gasteiger partial charge >= 0.3 is 0 Å². The Balaban J connectivity index is 2.08. The van der Waals surface area contributed by atoms with Crippen LogP contribution in [0.2, 0.25) is 0 Å². The van der Waals surface area contributed by atoms with Crippen LogP contribution in [0.1, 0.15) is 12.8 Å². The maximum absolute atomic E-state index is 12.9. The highest BCUT2D eigenvalue weighted by atomic mass is 19.1. The normalized spacial score (nSPS) is 17.8. The van der Waals surface area contributed by atoms with E-state index < -0.39 is 0 Å². The highest BCUT2D eigenvalue weighted by Crippen LogP contribution is 2.28. The van der Waals surface area contributed by atoms with Crippen molar-refractivity contribution in [3.05, 3.63) is 24.0 Å². The summed E-state index contributed by atoms with van der Waals surface area (Å²) in [5.41, 5.74) is 12.9.